The van der Waals surface area contributed by atoms with E-state index in [0.29, 0.717) is 6.42 Å². The maximum Gasteiger partial charge on any atom is 0.313 e. The number of carboxylic acids is 1. The van der Waals surface area contributed by atoms with Crippen molar-refractivity contribution in [1.29, 1.82) is 0 Å². The molecule has 1 aromatic carbocycles. The Morgan fingerprint density at radius 3 is 2.48 bits per heavy atom. The SMILES string of the molecule is C/C=C/COC(=O)C(C)(Cc1ccccc1)C(C)C(=O)O. The first-order valence-electron chi connectivity index (χ1n) is 6.97. The van der Waals surface area contributed by atoms with Gasteiger partial charge in [0.2, 0.25) is 0 Å². The average molecular weight is 290 g/mol. The molecular weight excluding hydrogens is 268 g/mol. The van der Waals surface area contributed by atoms with Crippen LogP contribution in [0.25, 0.3) is 0 Å². The zero-order chi connectivity index (χ0) is 15.9. The summed E-state index contributed by atoms with van der Waals surface area (Å²) < 4.78 is 5.20. The highest BCUT2D eigenvalue weighted by Gasteiger charge is 2.44. The Bertz CT molecular complexity index is 507. The fourth-order valence-electron chi connectivity index (χ4n) is 2.08. The molecule has 2 unspecified atom stereocenters. The van der Waals surface area contributed by atoms with E-state index in [0.717, 1.165) is 5.56 Å². The zero-order valence-corrected chi connectivity index (χ0v) is 12.7. The molecule has 1 N–H and O–H groups in total. The van der Waals surface area contributed by atoms with Crippen LogP contribution in [0.5, 0.6) is 0 Å². The summed E-state index contributed by atoms with van der Waals surface area (Å²) in [6.45, 7) is 5.18. The molecule has 0 heterocycles. The predicted octanol–water partition coefficient (Wildman–Crippen LogP) is 3.08. The van der Waals surface area contributed by atoms with E-state index in [2.05, 4.69) is 0 Å². The number of aliphatic carboxylic acids is 1. The van der Waals surface area contributed by atoms with Gasteiger partial charge in [0.1, 0.15) is 6.61 Å². The molecule has 0 spiro atoms. The van der Waals surface area contributed by atoms with E-state index in [9.17, 15) is 14.7 Å². The molecule has 0 saturated heterocycles. The van der Waals surface area contributed by atoms with Gasteiger partial charge >= 0.3 is 11.9 Å². The molecular formula is C17H22O4. The third-order valence-corrected chi connectivity index (χ3v) is 3.75. The lowest BCUT2D eigenvalue weighted by molar-refractivity contribution is -0.164. The van der Waals surface area contributed by atoms with Gasteiger partial charge in [0.05, 0.1) is 11.3 Å². The van der Waals surface area contributed by atoms with Gasteiger partial charge in [-0.1, -0.05) is 49.4 Å². The van der Waals surface area contributed by atoms with Crippen molar-refractivity contribution in [3.8, 4) is 0 Å². The van der Waals surface area contributed by atoms with Crippen LogP contribution in [0, 0.1) is 11.3 Å². The first kappa shape index (κ1) is 17.0. The number of allylic oxidation sites excluding steroid dienone is 1. The Morgan fingerprint density at radius 2 is 1.95 bits per heavy atom. The van der Waals surface area contributed by atoms with Crippen molar-refractivity contribution in [2.45, 2.75) is 27.2 Å². The summed E-state index contributed by atoms with van der Waals surface area (Å²) >= 11 is 0. The Balaban J connectivity index is 2.99. The second-order valence-electron chi connectivity index (χ2n) is 5.31. The molecule has 1 rings (SSSR count). The summed E-state index contributed by atoms with van der Waals surface area (Å²) in [5.74, 6) is -2.33. The Hall–Kier alpha value is -2.10. The Morgan fingerprint density at radius 1 is 1.33 bits per heavy atom. The molecule has 0 bridgehead atoms. The molecule has 4 nitrogen and oxygen atoms in total. The van der Waals surface area contributed by atoms with Crippen LogP contribution in [0.15, 0.2) is 42.5 Å². The summed E-state index contributed by atoms with van der Waals surface area (Å²) in [5.41, 5.74) is -0.189. The minimum atomic E-state index is -1.10. The molecule has 114 valence electrons. The number of hydrogen-bond acceptors (Lipinski definition) is 3. The summed E-state index contributed by atoms with van der Waals surface area (Å²) in [4.78, 5) is 23.7. The third kappa shape index (κ3) is 4.45. The summed E-state index contributed by atoms with van der Waals surface area (Å²) in [6.07, 6.45) is 3.82. The minimum Gasteiger partial charge on any atom is -0.481 e. The van der Waals surface area contributed by atoms with E-state index in [4.69, 9.17) is 4.74 Å². The lowest BCUT2D eigenvalue weighted by atomic mass is 9.73. The Labute approximate surface area is 125 Å². The van der Waals surface area contributed by atoms with Crippen LogP contribution >= 0.6 is 0 Å². The lowest BCUT2D eigenvalue weighted by Crippen LogP contribution is -2.41. The van der Waals surface area contributed by atoms with Crippen molar-refractivity contribution in [3.05, 3.63) is 48.0 Å². The summed E-state index contributed by atoms with van der Waals surface area (Å²) in [6, 6.07) is 9.38. The molecule has 0 saturated carbocycles. The molecule has 0 amide bonds. The normalized spacial score (nSPS) is 15.4. The first-order chi connectivity index (χ1) is 9.91. The van der Waals surface area contributed by atoms with Crippen LogP contribution in [-0.2, 0) is 20.7 Å². The van der Waals surface area contributed by atoms with Gasteiger partial charge in [-0.05, 0) is 25.8 Å². The number of carbonyl (C=O) groups is 2. The number of carbonyl (C=O) groups excluding carboxylic acids is 1. The van der Waals surface area contributed by atoms with E-state index in [-0.39, 0.29) is 6.61 Å². The van der Waals surface area contributed by atoms with Crippen LogP contribution in [0.4, 0.5) is 0 Å². The van der Waals surface area contributed by atoms with Crippen molar-refractivity contribution in [2.24, 2.45) is 11.3 Å². The molecule has 0 aromatic heterocycles. The molecule has 2 atom stereocenters. The third-order valence-electron chi connectivity index (χ3n) is 3.75. The van der Waals surface area contributed by atoms with Crippen molar-refractivity contribution in [3.63, 3.8) is 0 Å². The molecule has 0 aliphatic rings. The van der Waals surface area contributed by atoms with E-state index in [1.54, 1.807) is 26.0 Å². The quantitative estimate of drug-likeness (QED) is 0.619. The van der Waals surface area contributed by atoms with E-state index in [1.165, 1.54) is 0 Å². The second kappa shape index (κ2) is 7.62. The van der Waals surface area contributed by atoms with Crippen molar-refractivity contribution < 1.29 is 19.4 Å². The highest BCUT2D eigenvalue weighted by atomic mass is 16.5. The van der Waals surface area contributed by atoms with Gasteiger partial charge in [-0.15, -0.1) is 0 Å². The fourth-order valence-corrected chi connectivity index (χ4v) is 2.08. The van der Waals surface area contributed by atoms with Crippen LogP contribution in [0.3, 0.4) is 0 Å². The van der Waals surface area contributed by atoms with E-state index >= 15 is 0 Å². The monoisotopic (exact) mass is 290 g/mol. The van der Waals surface area contributed by atoms with Crippen molar-refractivity contribution >= 4 is 11.9 Å². The van der Waals surface area contributed by atoms with E-state index in [1.807, 2.05) is 37.3 Å². The molecule has 21 heavy (non-hydrogen) atoms. The standard InChI is InChI=1S/C17H22O4/c1-4-5-11-21-16(20)17(3,13(2)15(18)19)12-14-9-7-6-8-10-14/h4-10,13H,11-12H2,1-3H3,(H,18,19)/b5-4+. The van der Waals surface area contributed by atoms with Gasteiger partial charge in [-0.25, -0.2) is 0 Å². The minimum absolute atomic E-state index is 0.159. The van der Waals surface area contributed by atoms with Gasteiger partial charge in [-0.3, -0.25) is 9.59 Å². The number of rotatable bonds is 7. The number of hydrogen-bond donors (Lipinski definition) is 1. The molecule has 0 radical (unpaired) electrons. The largest absolute Gasteiger partial charge is 0.481 e. The molecule has 0 aliphatic heterocycles. The molecule has 1 aromatic rings. The zero-order valence-electron chi connectivity index (χ0n) is 12.7. The fraction of sp³-hybridized carbons (Fsp3) is 0.412. The number of carboxylic acid groups (broad SMARTS) is 1. The summed E-state index contributed by atoms with van der Waals surface area (Å²) in [5, 5.41) is 9.29. The maximum absolute atomic E-state index is 12.4. The van der Waals surface area contributed by atoms with Gasteiger partial charge in [0.25, 0.3) is 0 Å². The molecule has 4 heteroatoms. The van der Waals surface area contributed by atoms with Crippen LogP contribution in [0.2, 0.25) is 0 Å². The highest BCUT2D eigenvalue weighted by molar-refractivity contribution is 5.84. The Kier molecular flexibility index (Phi) is 6.15. The van der Waals surface area contributed by atoms with E-state index < -0.39 is 23.3 Å². The van der Waals surface area contributed by atoms with Gasteiger partial charge in [-0.2, -0.15) is 0 Å². The lowest BCUT2D eigenvalue weighted by Gasteiger charge is -2.31. The predicted molar refractivity (Wildman–Crippen MR) is 80.8 cm³/mol. The van der Waals surface area contributed by atoms with Crippen molar-refractivity contribution in [2.75, 3.05) is 6.61 Å². The van der Waals surface area contributed by atoms with Crippen molar-refractivity contribution in [1.82, 2.24) is 0 Å². The summed E-state index contributed by atoms with van der Waals surface area (Å²) in [7, 11) is 0. The smallest absolute Gasteiger partial charge is 0.313 e. The van der Waals surface area contributed by atoms with Crippen LogP contribution in [0.1, 0.15) is 26.3 Å². The van der Waals surface area contributed by atoms with Crippen LogP contribution < -0.4 is 0 Å². The number of benzene rings is 1. The maximum atomic E-state index is 12.4. The average Bonchev–Trinajstić information content (AvgIpc) is 2.47. The molecule has 0 fully saturated rings. The van der Waals surface area contributed by atoms with Crippen LogP contribution in [-0.4, -0.2) is 23.7 Å². The van der Waals surface area contributed by atoms with Gasteiger partial charge in [0.15, 0.2) is 0 Å². The number of esters is 1. The second-order valence-corrected chi connectivity index (χ2v) is 5.31. The van der Waals surface area contributed by atoms with Gasteiger partial charge < -0.3 is 9.84 Å². The molecule has 0 aliphatic carbocycles. The first-order valence-corrected chi connectivity index (χ1v) is 6.97. The van der Waals surface area contributed by atoms with Gasteiger partial charge in [0, 0.05) is 0 Å². The highest BCUT2D eigenvalue weighted by Crippen LogP contribution is 2.33. The topological polar surface area (TPSA) is 63.6 Å². The number of ether oxygens (including phenoxy) is 1.